The van der Waals surface area contributed by atoms with Crippen LogP contribution in [0.1, 0.15) is 40.5 Å². The summed E-state index contributed by atoms with van der Waals surface area (Å²) in [4.78, 5) is 4.34. The van der Waals surface area contributed by atoms with Gasteiger partial charge in [-0.05, 0) is 37.3 Å². The number of ether oxygens (including phenoxy) is 2. The summed E-state index contributed by atoms with van der Waals surface area (Å²) in [5, 5.41) is 6.82. The zero-order valence-corrected chi connectivity index (χ0v) is 19.7. The molecular weight excluding hydrogens is 453 g/mol. The summed E-state index contributed by atoms with van der Waals surface area (Å²) < 4.78 is 12.0. The zero-order chi connectivity index (χ0) is 19.0. The molecule has 2 N–H and O–H groups in total. The number of benzene rings is 1. The molecule has 3 atom stereocenters. The lowest BCUT2D eigenvalue weighted by Gasteiger charge is -2.40. The first-order valence-corrected chi connectivity index (χ1v) is 9.68. The molecule has 1 aromatic rings. The highest BCUT2D eigenvalue weighted by molar-refractivity contribution is 14.0. The number of guanidine groups is 1. The number of aliphatic imine (C=N–C) groups is 1. The summed E-state index contributed by atoms with van der Waals surface area (Å²) in [5.74, 6) is 2.20. The van der Waals surface area contributed by atoms with Crippen LogP contribution in [0.3, 0.4) is 0 Å². The van der Waals surface area contributed by atoms with Gasteiger partial charge < -0.3 is 20.1 Å². The van der Waals surface area contributed by atoms with Gasteiger partial charge in [0.25, 0.3) is 0 Å². The van der Waals surface area contributed by atoms with Crippen molar-refractivity contribution in [2.24, 2.45) is 16.3 Å². The van der Waals surface area contributed by atoms with Gasteiger partial charge >= 0.3 is 0 Å². The molecule has 0 spiro atoms. The number of halogens is 1. The Labute approximate surface area is 181 Å². The Morgan fingerprint density at radius 1 is 1.26 bits per heavy atom. The van der Waals surface area contributed by atoms with Crippen molar-refractivity contribution >= 4 is 29.9 Å². The van der Waals surface area contributed by atoms with Gasteiger partial charge in [-0.15, -0.1) is 24.0 Å². The minimum atomic E-state index is 0. The monoisotopic (exact) mass is 489 g/mol. The second-order valence-electron chi connectivity index (χ2n) is 8.14. The SMILES string of the molecule is CN=C(NCC(C)Oc1ccccc1)NCC1CCCOC1C(C)(C)C.I. The van der Waals surface area contributed by atoms with E-state index in [-0.39, 0.29) is 41.6 Å². The van der Waals surface area contributed by atoms with Gasteiger partial charge in [0, 0.05) is 26.1 Å². The second-order valence-corrected chi connectivity index (χ2v) is 8.14. The third-order valence-corrected chi connectivity index (χ3v) is 4.69. The minimum Gasteiger partial charge on any atom is -0.489 e. The van der Waals surface area contributed by atoms with Crippen molar-refractivity contribution in [3.8, 4) is 5.75 Å². The molecular formula is C21H36IN3O2. The van der Waals surface area contributed by atoms with Crippen LogP contribution in [0, 0.1) is 11.3 Å². The van der Waals surface area contributed by atoms with E-state index in [0.717, 1.165) is 31.3 Å². The highest BCUT2D eigenvalue weighted by Gasteiger charge is 2.35. The maximum atomic E-state index is 6.07. The average molecular weight is 489 g/mol. The number of nitrogens with zero attached hydrogens (tertiary/aromatic N) is 1. The standard InChI is InChI=1S/C21H35N3O2.HI/c1-16(26-18-11-7-6-8-12-18)14-23-20(22-5)24-15-17-10-9-13-25-19(17)21(2,3)4;/h6-8,11-12,16-17,19H,9-10,13-15H2,1-5H3,(H2,22,23,24);1H. The molecule has 2 rings (SSSR count). The number of nitrogens with one attached hydrogen (secondary N) is 2. The lowest BCUT2D eigenvalue weighted by atomic mass is 9.78. The molecule has 0 aliphatic carbocycles. The Bertz CT molecular complexity index is 560. The van der Waals surface area contributed by atoms with Crippen molar-refractivity contribution in [1.82, 2.24) is 10.6 Å². The Kier molecular flexibility index (Phi) is 10.4. The first-order chi connectivity index (χ1) is 12.4. The molecule has 1 aliphatic rings. The smallest absolute Gasteiger partial charge is 0.191 e. The van der Waals surface area contributed by atoms with E-state index in [1.165, 1.54) is 6.42 Å². The van der Waals surface area contributed by atoms with Crippen LogP contribution in [-0.4, -0.2) is 44.9 Å². The van der Waals surface area contributed by atoms with E-state index < -0.39 is 0 Å². The fourth-order valence-corrected chi connectivity index (χ4v) is 3.47. The number of para-hydroxylation sites is 1. The fraction of sp³-hybridized carbons (Fsp3) is 0.667. The van der Waals surface area contributed by atoms with E-state index in [0.29, 0.717) is 12.5 Å². The van der Waals surface area contributed by atoms with Gasteiger partial charge in [-0.3, -0.25) is 4.99 Å². The van der Waals surface area contributed by atoms with Crippen LogP contribution in [0.5, 0.6) is 5.75 Å². The van der Waals surface area contributed by atoms with Crippen LogP contribution in [0.4, 0.5) is 0 Å². The van der Waals surface area contributed by atoms with Crippen LogP contribution in [0.15, 0.2) is 35.3 Å². The molecule has 0 bridgehead atoms. The van der Waals surface area contributed by atoms with Crippen molar-refractivity contribution < 1.29 is 9.47 Å². The molecule has 1 heterocycles. The Morgan fingerprint density at radius 2 is 1.96 bits per heavy atom. The molecule has 1 saturated heterocycles. The Morgan fingerprint density at radius 3 is 2.59 bits per heavy atom. The largest absolute Gasteiger partial charge is 0.489 e. The predicted molar refractivity (Wildman–Crippen MR) is 123 cm³/mol. The third-order valence-electron chi connectivity index (χ3n) is 4.69. The molecule has 154 valence electrons. The van der Waals surface area contributed by atoms with E-state index >= 15 is 0 Å². The highest BCUT2D eigenvalue weighted by Crippen LogP contribution is 2.33. The molecule has 0 radical (unpaired) electrons. The highest BCUT2D eigenvalue weighted by atomic mass is 127. The second kappa shape index (κ2) is 11.7. The molecule has 1 fully saturated rings. The van der Waals surface area contributed by atoms with Gasteiger partial charge in [-0.25, -0.2) is 0 Å². The van der Waals surface area contributed by atoms with Crippen molar-refractivity contribution in [3.63, 3.8) is 0 Å². The molecule has 1 aromatic carbocycles. The lowest BCUT2D eigenvalue weighted by molar-refractivity contribution is -0.0835. The third kappa shape index (κ3) is 8.25. The van der Waals surface area contributed by atoms with Crippen LogP contribution < -0.4 is 15.4 Å². The van der Waals surface area contributed by atoms with Crippen molar-refractivity contribution in [3.05, 3.63) is 30.3 Å². The first-order valence-electron chi connectivity index (χ1n) is 9.68. The maximum Gasteiger partial charge on any atom is 0.191 e. The zero-order valence-electron chi connectivity index (χ0n) is 17.3. The lowest BCUT2D eigenvalue weighted by Crippen LogP contribution is -2.48. The minimum absolute atomic E-state index is 0. The van der Waals surface area contributed by atoms with Crippen molar-refractivity contribution in [1.29, 1.82) is 0 Å². The maximum absolute atomic E-state index is 6.07. The van der Waals surface area contributed by atoms with Crippen molar-refractivity contribution in [2.75, 3.05) is 26.7 Å². The Balaban J connectivity index is 0.00000364. The van der Waals surface area contributed by atoms with Crippen molar-refractivity contribution in [2.45, 2.75) is 52.7 Å². The molecule has 5 nitrogen and oxygen atoms in total. The van der Waals surface area contributed by atoms with E-state index in [1.54, 1.807) is 7.05 Å². The quantitative estimate of drug-likeness (QED) is 0.359. The summed E-state index contributed by atoms with van der Waals surface area (Å²) in [6.45, 7) is 11.3. The van der Waals surface area contributed by atoms with E-state index in [1.807, 2.05) is 30.3 Å². The van der Waals surface area contributed by atoms with Gasteiger partial charge in [0.05, 0.1) is 12.6 Å². The number of hydrogen-bond donors (Lipinski definition) is 2. The normalized spacial score (nSPS) is 21.7. The Hall–Kier alpha value is -1.02. The van der Waals surface area contributed by atoms with Crippen LogP contribution in [0.2, 0.25) is 0 Å². The first kappa shape index (κ1) is 24.0. The van der Waals surface area contributed by atoms with E-state index in [4.69, 9.17) is 9.47 Å². The summed E-state index contributed by atoms with van der Waals surface area (Å²) >= 11 is 0. The van der Waals surface area contributed by atoms with Gasteiger partial charge in [-0.1, -0.05) is 39.0 Å². The van der Waals surface area contributed by atoms with E-state index in [2.05, 4.69) is 43.3 Å². The van der Waals surface area contributed by atoms with Gasteiger partial charge in [0.1, 0.15) is 11.9 Å². The molecule has 0 saturated carbocycles. The molecule has 0 aromatic heterocycles. The summed E-state index contributed by atoms with van der Waals surface area (Å²) in [5.41, 5.74) is 0.155. The molecule has 0 amide bonds. The molecule has 6 heteroatoms. The molecule has 27 heavy (non-hydrogen) atoms. The van der Waals surface area contributed by atoms with Gasteiger partial charge in [0.15, 0.2) is 5.96 Å². The average Bonchev–Trinajstić information content (AvgIpc) is 2.62. The summed E-state index contributed by atoms with van der Waals surface area (Å²) in [7, 11) is 1.80. The predicted octanol–water partition coefficient (Wildman–Crippen LogP) is 4.08. The summed E-state index contributed by atoms with van der Waals surface area (Å²) in [6.07, 6.45) is 2.66. The summed E-state index contributed by atoms with van der Waals surface area (Å²) in [6, 6.07) is 9.89. The van der Waals surface area contributed by atoms with Gasteiger partial charge in [0.2, 0.25) is 0 Å². The van der Waals surface area contributed by atoms with E-state index in [9.17, 15) is 0 Å². The van der Waals surface area contributed by atoms with Crippen LogP contribution >= 0.6 is 24.0 Å². The number of rotatable bonds is 6. The van der Waals surface area contributed by atoms with Gasteiger partial charge in [-0.2, -0.15) is 0 Å². The van der Waals surface area contributed by atoms with Crippen LogP contribution in [0.25, 0.3) is 0 Å². The van der Waals surface area contributed by atoms with Crippen LogP contribution in [-0.2, 0) is 4.74 Å². The number of hydrogen-bond acceptors (Lipinski definition) is 3. The molecule has 3 unspecified atom stereocenters. The molecule has 1 aliphatic heterocycles. The topological polar surface area (TPSA) is 54.9 Å². The fourth-order valence-electron chi connectivity index (χ4n) is 3.47.